The van der Waals surface area contributed by atoms with Gasteiger partial charge in [-0.1, -0.05) is 17.7 Å². The lowest BCUT2D eigenvalue weighted by atomic mass is 10.3. The van der Waals surface area contributed by atoms with Crippen LogP contribution in [0.25, 0.3) is 0 Å². The van der Waals surface area contributed by atoms with Crippen molar-refractivity contribution < 1.29 is 8.98 Å². The number of benzene rings is 2. The maximum Gasteiger partial charge on any atom is 0.323 e. The first-order valence-electron chi connectivity index (χ1n) is 5.81. The Bertz CT molecular complexity index is 590. The van der Waals surface area contributed by atoms with Crippen LogP contribution in [0.15, 0.2) is 48.5 Å². The third-order valence-corrected chi connectivity index (χ3v) is 2.98. The number of rotatable bonds is 4. The number of nitrogens with one attached hydrogen (secondary N) is 2. The molecule has 20 heavy (non-hydrogen) atoms. The summed E-state index contributed by atoms with van der Waals surface area (Å²) in [7, 11) is 0. The SMILES string of the molecule is CSOc1cccc(NC(=O)Nc2ccc(Cl)cc2)c1. The van der Waals surface area contributed by atoms with Gasteiger partial charge < -0.3 is 14.8 Å². The van der Waals surface area contributed by atoms with Gasteiger partial charge in [-0.2, -0.15) is 0 Å². The van der Waals surface area contributed by atoms with Crippen molar-refractivity contribution in [3.8, 4) is 5.75 Å². The monoisotopic (exact) mass is 308 g/mol. The molecule has 2 aromatic rings. The highest BCUT2D eigenvalue weighted by Crippen LogP contribution is 2.20. The van der Waals surface area contributed by atoms with E-state index in [0.717, 1.165) is 0 Å². The quantitative estimate of drug-likeness (QED) is 0.809. The molecular formula is C14H13ClN2O2S. The summed E-state index contributed by atoms with van der Waals surface area (Å²) in [5.41, 5.74) is 1.33. The molecule has 0 heterocycles. The van der Waals surface area contributed by atoms with Crippen LogP contribution in [0.2, 0.25) is 5.02 Å². The van der Waals surface area contributed by atoms with Gasteiger partial charge >= 0.3 is 6.03 Å². The fraction of sp³-hybridized carbons (Fsp3) is 0.0714. The van der Waals surface area contributed by atoms with E-state index in [1.54, 1.807) is 36.4 Å². The van der Waals surface area contributed by atoms with Gasteiger partial charge in [0.2, 0.25) is 0 Å². The summed E-state index contributed by atoms with van der Waals surface area (Å²) in [5.74, 6) is 0.682. The molecular weight excluding hydrogens is 296 g/mol. The molecule has 2 amide bonds. The van der Waals surface area contributed by atoms with Gasteiger partial charge in [-0.3, -0.25) is 0 Å². The molecule has 0 radical (unpaired) electrons. The average molecular weight is 309 g/mol. The standard InChI is InChI=1S/C14H13ClN2O2S/c1-20-19-13-4-2-3-12(9-13)17-14(18)16-11-7-5-10(15)6-8-11/h2-9H,1H3,(H2,16,17,18). The molecule has 0 unspecified atom stereocenters. The zero-order valence-corrected chi connectivity index (χ0v) is 12.3. The van der Waals surface area contributed by atoms with E-state index in [0.29, 0.717) is 22.1 Å². The summed E-state index contributed by atoms with van der Waals surface area (Å²) >= 11 is 7.03. The first-order chi connectivity index (χ1) is 9.67. The summed E-state index contributed by atoms with van der Waals surface area (Å²) in [6.07, 6.45) is 1.83. The van der Waals surface area contributed by atoms with E-state index in [9.17, 15) is 4.79 Å². The van der Waals surface area contributed by atoms with Crippen molar-refractivity contribution in [1.82, 2.24) is 0 Å². The lowest BCUT2D eigenvalue weighted by Crippen LogP contribution is -2.19. The van der Waals surface area contributed by atoms with E-state index >= 15 is 0 Å². The van der Waals surface area contributed by atoms with E-state index in [2.05, 4.69) is 10.6 Å². The van der Waals surface area contributed by atoms with Crippen LogP contribution < -0.4 is 14.8 Å². The second-order valence-corrected chi connectivity index (χ2v) is 4.80. The third-order valence-electron chi connectivity index (χ3n) is 2.37. The average Bonchev–Trinajstić information content (AvgIpc) is 2.42. The Morgan fingerprint density at radius 3 is 2.50 bits per heavy atom. The lowest BCUT2D eigenvalue weighted by molar-refractivity contribution is 0.262. The number of hydrogen-bond donors (Lipinski definition) is 2. The first kappa shape index (κ1) is 14.6. The van der Waals surface area contributed by atoms with Crippen LogP contribution in [0.4, 0.5) is 16.2 Å². The van der Waals surface area contributed by atoms with E-state index in [1.807, 2.05) is 18.4 Å². The van der Waals surface area contributed by atoms with E-state index < -0.39 is 0 Å². The Hall–Kier alpha value is -1.85. The Labute approximate surface area is 126 Å². The molecule has 2 N–H and O–H groups in total. The number of halogens is 1. The molecule has 0 aromatic heterocycles. The van der Waals surface area contributed by atoms with Gasteiger partial charge in [0, 0.05) is 28.7 Å². The molecule has 0 atom stereocenters. The Kier molecular flexibility index (Phi) is 5.15. The number of amides is 2. The van der Waals surface area contributed by atoms with Gasteiger partial charge in [-0.05, 0) is 36.4 Å². The highest BCUT2D eigenvalue weighted by atomic mass is 35.5. The Morgan fingerprint density at radius 2 is 1.80 bits per heavy atom. The van der Waals surface area contributed by atoms with Crippen LogP contribution in [0.3, 0.4) is 0 Å². The fourth-order valence-corrected chi connectivity index (χ4v) is 1.97. The van der Waals surface area contributed by atoms with Gasteiger partial charge in [0.15, 0.2) is 0 Å². The zero-order chi connectivity index (χ0) is 14.4. The molecule has 6 heteroatoms. The maximum atomic E-state index is 11.8. The summed E-state index contributed by atoms with van der Waals surface area (Å²) in [6.45, 7) is 0. The molecule has 0 saturated heterocycles. The van der Waals surface area contributed by atoms with Gasteiger partial charge in [-0.15, -0.1) is 0 Å². The number of carbonyl (C=O) groups is 1. The lowest BCUT2D eigenvalue weighted by Gasteiger charge is -2.09. The highest BCUT2D eigenvalue weighted by molar-refractivity contribution is 7.94. The fourth-order valence-electron chi connectivity index (χ4n) is 1.55. The minimum Gasteiger partial charge on any atom is -0.426 e. The first-order valence-corrected chi connectivity index (χ1v) is 7.34. The molecule has 0 saturated carbocycles. The smallest absolute Gasteiger partial charge is 0.323 e. The summed E-state index contributed by atoms with van der Waals surface area (Å²) in [5, 5.41) is 6.07. The van der Waals surface area contributed by atoms with Crippen LogP contribution >= 0.6 is 23.6 Å². The summed E-state index contributed by atoms with van der Waals surface area (Å²) < 4.78 is 5.29. The molecule has 2 rings (SSSR count). The number of urea groups is 1. The van der Waals surface area contributed by atoms with E-state index in [1.165, 1.54) is 12.0 Å². The molecule has 0 bridgehead atoms. The Balaban J connectivity index is 1.97. The second kappa shape index (κ2) is 7.07. The molecule has 0 aliphatic heterocycles. The van der Waals surface area contributed by atoms with E-state index in [-0.39, 0.29) is 6.03 Å². The molecule has 0 fully saturated rings. The van der Waals surface area contributed by atoms with Crippen molar-refractivity contribution in [1.29, 1.82) is 0 Å². The largest absolute Gasteiger partial charge is 0.426 e. The summed E-state index contributed by atoms with van der Waals surface area (Å²) in [6, 6.07) is 13.7. The molecule has 2 aromatic carbocycles. The van der Waals surface area contributed by atoms with Gasteiger partial charge in [0.25, 0.3) is 0 Å². The minimum atomic E-state index is -0.325. The highest BCUT2D eigenvalue weighted by Gasteiger charge is 2.03. The van der Waals surface area contributed by atoms with Crippen molar-refractivity contribution in [2.75, 3.05) is 16.9 Å². The predicted molar refractivity (Wildman–Crippen MR) is 84.7 cm³/mol. The van der Waals surface area contributed by atoms with Crippen molar-refractivity contribution in [2.45, 2.75) is 0 Å². The summed E-state index contributed by atoms with van der Waals surface area (Å²) in [4.78, 5) is 11.8. The van der Waals surface area contributed by atoms with Crippen LogP contribution in [0.5, 0.6) is 5.75 Å². The van der Waals surface area contributed by atoms with Crippen LogP contribution in [0, 0.1) is 0 Å². The topological polar surface area (TPSA) is 50.4 Å². The van der Waals surface area contributed by atoms with Gasteiger partial charge in [0.05, 0.1) is 12.0 Å². The van der Waals surface area contributed by atoms with Crippen LogP contribution in [-0.2, 0) is 0 Å². The molecule has 0 spiro atoms. The van der Waals surface area contributed by atoms with E-state index in [4.69, 9.17) is 15.8 Å². The minimum absolute atomic E-state index is 0.325. The van der Waals surface area contributed by atoms with Crippen molar-refractivity contribution >= 4 is 41.0 Å². The Morgan fingerprint density at radius 1 is 1.10 bits per heavy atom. The third kappa shape index (κ3) is 4.36. The molecule has 0 aliphatic carbocycles. The predicted octanol–water partition coefficient (Wildman–Crippen LogP) is 4.64. The van der Waals surface area contributed by atoms with Gasteiger partial charge in [0.1, 0.15) is 5.75 Å². The second-order valence-electron chi connectivity index (χ2n) is 3.86. The zero-order valence-electron chi connectivity index (χ0n) is 10.7. The van der Waals surface area contributed by atoms with Crippen molar-refractivity contribution in [2.24, 2.45) is 0 Å². The number of hydrogen-bond acceptors (Lipinski definition) is 3. The van der Waals surface area contributed by atoms with Crippen molar-refractivity contribution in [3.05, 3.63) is 53.6 Å². The molecule has 4 nitrogen and oxygen atoms in total. The van der Waals surface area contributed by atoms with Crippen molar-refractivity contribution in [3.63, 3.8) is 0 Å². The van der Waals surface area contributed by atoms with Gasteiger partial charge in [-0.25, -0.2) is 4.79 Å². The maximum absolute atomic E-state index is 11.8. The van der Waals surface area contributed by atoms with Crippen LogP contribution in [-0.4, -0.2) is 12.3 Å². The normalized spacial score (nSPS) is 9.90. The van der Waals surface area contributed by atoms with Crippen LogP contribution in [0.1, 0.15) is 0 Å². The number of carbonyl (C=O) groups excluding carboxylic acids is 1. The molecule has 0 aliphatic rings. The number of anilines is 2. The molecule has 104 valence electrons.